The molecule has 1 saturated carbocycles. The minimum atomic E-state index is -0.342. The van der Waals surface area contributed by atoms with Crippen LogP contribution in [0, 0.1) is 18.8 Å². The summed E-state index contributed by atoms with van der Waals surface area (Å²) in [5.74, 6) is -0.0622. The van der Waals surface area contributed by atoms with Gasteiger partial charge in [0.25, 0.3) is 0 Å². The molecule has 0 aromatic carbocycles. The van der Waals surface area contributed by atoms with Crippen molar-refractivity contribution in [2.45, 2.75) is 45.6 Å². The highest BCUT2D eigenvalue weighted by molar-refractivity contribution is 6.03. The molecule has 0 saturated heterocycles. The fourth-order valence-electron chi connectivity index (χ4n) is 4.05. The van der Waals surface area contributed by atoms with Crippen LogP contribution in [0.1, 0.15) is 44.3 Å². The third kappa shape index (κ3) is 2.79. The number of ketones is 1. The summed E-state index contributed by atoms with van der Waals surface area (Å²) in [6, 6.07) is 1.68. The largest absolute Gasteiger partial charge is 0.504 e. The average molecular weight is 329 g/mol. The summed E-state index contributed by atoms with van der Waals surface area (Å²) < 4.78 is 1.99. The van der Waals surface area contributed by atoms with Crippen LogP contribution in [0.15, 0.2) is 40.5 Å². The molecule has 5 nitrogen and oxygen atoms in total. The lowest BCUT2D eigenvalue weighted by Gasteiger charge is -2.35. The molecule has 1 fully saturated rings. The lowest BCUT2D eigenvalue weighted by atomic mass is 9.73. The van der Waals surface area contributed by atoms with Crippen LogP contribution in [0.3, 0.4) is 0 Å². The Labute approximate surface area is 140 Å². The monoisotopic (exact) mass is 329 g/mol. The van der Waals surface area contributed by atoms with Crippen molar-refractivity contribution in [3.8, 4) is 5.75 Å². The molecule has 1 unspecified atom stereocenters. The van der Waals surface area contributed by atoms with Crippen LogP contribution >= 0.6 is 0 Å². The number of aliphatic hydroxyl groups is 1. The fraction of sp³-hybridized carbons (Fsp3) is 0.474. The molecule has 24 heavy (non-hydrogen) atoms. The predicted octanol–water partition coefficient (Wildman–Crippen LogP) is 3.18. The number of nitrogens with zero attached hydrogens (tertiary/aromatic N) is 1. The molecule has 128 valence electrons. The SMILES string of the molecule is CC1=C(O)C(=O)C=CC1[C@H]1CC[C@H](n2ccc(=O)c(O)c2C)CC1. The van der Waals surface area contributed by atoms with Crippen LogP contribution in [0.25, 0.3) is 0 Å². The molecule has 1 heterocycles. The summed E-state index contributed by atoms with van der Waals surface area (Å²) in [5, 5.41) is 19.7. The Balaban J connectivity index is 1.73. The summed E-state index contributed by atoms with van der Waals surface area (Å²) >= 11 is 0. The standard InChI is InChI=1S/C19H23NO4/c1-11-15(7-8-16(21)18(11)23)13-3-5-14(6-4-13)20-10-9-17(22)19(24)12(20)2/h7-10,13-15,23-24H,3-6H2,1-2H3/t13-,14-,15?. The number of hydrogen-bond donors (Lipinski definition) is 2. The van der Waals surface area contributed by atoms with Crippen molar-refractivity contribution in [2.24, 2.45) is 11.8 Å². The van der Waals surface area contributed by atoms with E-state index >= 15 is 0 Å². The first-order valence-electron chi connectivity index (χ1n) is 8.43. The zero-order valence-corrected chi connectivity index (χ0v) is 14.0. The summed E-state index contributed by atoms with van der Waals surface area (Å²) in [7, 11) is 0. The van der Waals surface area contributed by atoms with E-state index in [4.69, 9.17) is 0 Å². The molecule has 2 N–H and O–H groups in total. The maximum absolute atomic E-state index is 11.5. The van der Waals surface area contributed by atoms with Gasteiger partial charge in [-0.25, -0.2) is 0 Å². The molecule has 2 aliphatic carbocycles. The van der Waals surface area contributed by atoms with E-state index in [1.807, 2.05) is 17.6 Å². The molecule has 0 aliphatic heterocycles. The van der Waals surface area contributed by atoms with Crippen molar-refractivity contribution < 1.29 is 15.0 Å². The molecule has 1 atom stereocenters. The number of rotatable bonds is 2. The second kappa shape index (κ2) is 6.30. The number of allylic oxidation sites excluding steroid dienone is 3. The predicted molar refractivity (Wildman–Crippen MR) is 91.1 cm³/mol. The number of carbonyl (C=O) groups is 1. The number of carbonyl (C=O) groups excluding carboxylic acids is 1. The normalized spacial score (nSPS) is 27.6. The van der Waals surface area contributed by atoms with E-state index in [0.717, 1.165) is 31.3 Å². The van der Waals surface area contributed by atoms with Crippen LogP contribution in [-0.4, -0.2) is 20.6 Å². The van der Waals surface area contributed by atoms with Crippen molar-refractivity contribution >= 4 is 5.78 Å². The summed E-state index contributed by atoms with van der Waals surface area (Å²) in [5.41, 5.74) is 1.04. The van der Waals surface area contributed by atoms with Crippen LogP contribution < -0.4 is 5.43 Å². The summed E-state index contributed by atoms with van der Waals surface area (Å²) in [4.78, 5) is 23.0. The van der Waals surface area contributed by atoms with Crippen LogP contribution in [0.2, 0.25) is 0 Å². The molecule has 0 radical (unpaired) electrons. The number of aliphatic hydroxyl groups excluding tert-OH is 1. The van der Waals surface area contributed by atoms with Gasteiger partial charge < -0.3 is 14.8 Å². The van der Waals surface area contributed by atoms with Gasteiger partial charge >= 0.3 is 0 Å². The average Bonchev–Trinajstić information content (AvgIpc) is 2.58. The number of aromatic nitrogens is 1. The second-order valence-electron chi connectivity index (χ2n) is 6.87. The van der Waals surface area contributed by atoms with E-state index in [2.05, 4.69) is 0 Å². The highest BCUT2D eigenvalue weighted by Crippen LogP contribution is 2.41. The molecule has 5 heteroatoms. The lowest BCUT2D eigenvalue weighted by molar-refractivity contribution is -0.114. The van der Waals surface area contributed by atoms with Gasteiger partial charge in [-0.2, -0.15) is 0 Å². The maximum atomic E-state index is 11.5. The first-order chi connectivity index (χ1) is 11.4. The van der Waals surface area contributed by atoms with Gasteiger partial charge in [0.2, 0.25) is 11.2 Å². The van der Waals surface area contributed by atoms with Gasteiger partial charge in [0.15, 0.2) is 11.5 Å². The Morgan fingerprint density at radius 1 is 1.08 bits per heavy atom. The van der Waals surface area contributed by atoms with Crippen molar-refractivity contribution in [3.63, 3.8) is 0 Å². The molecular weight excluding hydrogens is 306 g/mol. The van der Waals surface area contributed by atoms with Gasteiger partial charge in [-0.05, 0) is 57.1 Å². The zero-order chi connectivity index (χ0) is 17.4. The Hall–Kier alpha value is -2.30. The van der Waals surface area contributed by atoms with Crippen molar-refractivity contribution in [1.82, 2.24) is 4.57 Å². The van der Waals surface area contributed by atoms with Gasteiger partial charge in [-0.3, -0.25) is 9.59 Å². The van der Waals surface area contributed by atoms with Crippen LogP contribution in [0.4, 0.5) is 0 Å². The summed E-state index contributed by atoms with van der Waals surface area (Å²) in [6.45, 7) is 3.60. The van der Waals surface area contributed by atoms with Crippen LogP contribution in [0.5, 0.6) is 5.75 Å². The van der Waals surface area contributed by atoms with Gasteiger partial charge in [0.1, 0.15) is 0 Å². The molecule has 1 aromatic heterocycles. The van der Waals surface area contributed by atoms with Gasteiger partial charge in [0, 0.05) is 24.2 Å². The Morgan fingerprint density at radius 2 is 1.75 bits per heavy atom. The zero-order valence-electron chi connectivity index (χ0n) is 14.0. The molecule has 0 spiro atoms. The third-order valence-corrected chi connectivity index (χ3v) is 5.55. The molecule has 3 rings (SSSR count). The van der Waals surface area contributed by atoms with Crippen LogP contribution in [-0.2, 0) is 4.79 Å². The van der Waals surface area contributed by atoms with E-state index in [1.165, 1.54) is 12.1 Å². The number of aromatic hydroxyl groups is 1. The topological polar surface area (TPSA) is 79.5 Å². The first-order valence-corrected chi connectivity index (χ1v) is 8.43. The number of pyridine rings is 1. The van der Waals surface area contributed by atoms with E-state index < -0.39 is 0 Å². The van der Waals surface area contributed by atoms with E-state index in [1.54, 1.807) is 13.1 Å². The molecule has 0 amide bonds. The fourth-order valence-corrected chi connectivity index (χ4v) is 4.05. The molecule has 0 bridgehead atoms. The van der Waals surface area contributed by atoms with Crippen molar-refractivity contribution in [1.29, 1.82) is 0 Å². The minimum Gasteiger partial charge on any atom is -0.504 e. The van der Waals surface area contributed by atoms with Gasteiger partial charge in [-0.1, -0.05) is 6.08 Å². The molecular formula is C19H23NO4. The maximum Gasteiger partial charge on any atom is 0.223 e. The summed E-state index contributed by atoms with van der Waals surface area (Å²) in [6.07, 6.45) is 9.00. The highest BCUT2D eigenvalue weighted by Gasteiger charge is 2.32. The smallest absolute Gasteiger partial charge is 0.223 e. The number of hydrogen-bond acceptors (Lipinski definition) is 4. The molecule has 1 aromatic rings. The van der Waals surface area contributed by atoms with Gasteiger partial charge in [-0.15, -0.1) is 0 Å². The third-order valence-electron chi connectivity index (χ3n) is 5.55. The van der Waals surface area contributed by atoms with Gasteiger partial charge in [0.05, 0.1) is 5.69 Å². The second-order valence-corrected chi connectivity index (χ2v) is 6.87. The van der Waals surface area contributed by atoms with E-state index in [9.17, 15) is 19.8 Å². The Morgan fingerprint density at radius 3 is 2.42 bits per heavy atom. The van der Waals surface area contributed by atoms with Crippen molar-refractivity contribution in [3.05, 3.63) is 51.7 Å². The van der Waals surface area contributed by atoms with Crippen molar-refractivity contribution in [2.75, 3.05) is 0 Å². The quantitative estimate of drug-likeness (QED) is 0.873. The Kier molecular flexibility index (Phi) is 4.35. The van der Waals surface area contributed by atoms with E-state index in [0.29, 0.717) is 11.6 Å². The highest BCUT2D eigenvalue weighted by atomic mass is 16.3. The Bertz CT molecular complexity index is 779. The van der Waals surface area contributed by atoms with E-state index in [-0.39, 0.29) is 34.7 Å². The lowest BCUT2D eigenvalue weighted by Crippen LogP contribution is -2.27. The first kappa shape index (κ1) is 16.6. The molecule has 2 aliphatic rings. The minimum absolute atomic E-state index is 0.106.